The Bertz CT molecular complexity index is 1180. The molecule has 0 radical (unpaired) electrons. The highest BCUT2D eigenvalue weighted by Crippen LogP contribution is 2.24. The van der Waals surface area contributed by atoms with Gasteiger partial charge in [-0.05, 0) is 12.5 Å². The van der Waals surface area contributed by atoms with E-state index < -0.39 is 5.97 Å². The van der Waals surface area contributed by atoms with E-state index in [9.17, 15) is 4.79 Å². The van der Waals surface area contributed by atoms with E-state index in [4.69, 9.17) is 16.2 Å². The summed E-state index contributed by atoms with van der Waals surface area (Å²) in [7, 11) is 0. The average molecular weight is 415 g/mol. The predicted octanol–water partition coefficient (Wildman–Crippen LogP) is 2.61. The third-order valence-corrected chi connectivity index (χ3v) is 4.54. The van der Waals surface area contributed by atoms with Crippen LogP contribution in [0.3, 0.4) is 0 Å². The van der Waals surface area contributed by atoms with Gasteiger partial charge in [-0.3, -0.25) is 4.68 Å². The fourth-order valence-electron chi connectivity index (χ4n) is 3.08. The second kappa shape index (κ2) is 8.62. The molecule has 9 nitrogen and oxygen atoms in total. The number of hydrogen-bond donors (Lipinski definition) is 2. The zero-order valence-electron chi connectivity index (χ0n) is 16.9. The van der Waals surface area contributed by atoms with Crippen molar-refractivity contribution < 1.29 is 9.53 Å². The minimum Gasteiger partial charge on any atom is -0.454 e. The zero-order valence-corrected chi connectivity index (χ0v) is 16.9. The maximum absolute atomic E-state index is 12.9. The molecular weight excluding hydrogens is 394 g/mol. The third kappa shape index (κ3) is 4.84. The van der Waals surface area contributed by atoms with Crippen LogP contribution < -0.4 is 11.5 Å². The van der Waals surface area contributed by atoms with Crippen LogP contribution in [0, 0.1) is 6.92 Å². The van der Waals surface area contributed by atoms with Crippen molar-refractivity contribution in [1.82, 2.24) is 24.7 Å². The van der Waals surface area contributed by atoms with Crippen molar-refractivity contribution in [2.75, 3.05) is 11.5 Å². The van der Waals surface area contributed by atoms with Crippen molar-refractivity contribution in [2.45, 2.75) is 20.1 Å². The normalized spacial score (nSPS) is 10.7. The summed E-state index contributed by atoms with van der Waals surface area (Å²) in [6.45, 7) is 2.33. The molecule has 0 unspecified atom stereocenters. The number of aryl methyl sites for hydroxylation is 1. The van der Waals surface area contributed by atoms with Crippen LogP contribution in [0.1, 0.15) is 27.3 Å². The fraction of sp³-hybridized carbons (Fsp3) is 0.136. The maximum Gasteiger partial charge on any atom is 0.342 e. The van der Waals surface area contributed by atoms with Gasteiger partial charge in [0.2, 0.25) is 11.9 Å². The van der Waals surface area contributed by atoms with Gasteiger partial charge in [0.15, 0.2) is 12.4 Å². The molecule has 4 rings (SSSR count). The van der Waals surface area contributed by atoms with Crippen molar-refractivity contribution in [1.29, 1.82) is 0 Å². The molecule has 0 aliphatic carbocycles. The van der Waals surface area contributed by atoms with E-state index in [2.05, 4.69) is 20.1 Å². The molecule has 0 amide bonds. The summed E-state index contributed by atoms with van der Waals surface area (Å²) < 4.78 is 7.14. The van der Waals surface area contributed by atoms with Crippen LogP contribution in [0.15, 0.2) is 60.8 Å². The highest BCUT2D eigenvalue weighted by molar-refractivity contribution is 5.96. The smallest absolute Gasteiger partial charge is 0.342 e. The molecule has 31 heavy (non-hydrogen) atoms. The number of nitrogens with zero attached hydrogens (tertiary/aromatic N) is 5. The number of aromatic nitrogens is 5. The van der Waals surface area contributed by atoms with E-state index >= 15 is 0 Å². The standard InChI is InChI=1S/C22H21N7O2/c1-14-7-9-16(10-8-14)19-17(12-29(28-19)11-15-5-3-2-4-6-15)20(30)31-13-18-25-21(23)27-22(24)26-18/h2-10,12H,11,13H2,1H3,(H4,23,24,25,26,27). The Balaban J connectivity index is 1.62. The molecule has 4 aromatic rings. The van der Waals surface area contributed by atoms with Crippen LogP contribution in [0.25, 0.3) is 11.3 Å². The lowest BCUT2D eigenvalue weighted by molar-refractivity contribution is 0.0463. The number of ether oxygens (including phenoxy) is 1. The first-order chi connectivity index (χ1) is 15.0. The molecule has 0 saturated heterocycles. The minimum absolute atomic E-state index is 0.0328. The number of nitrogens with two attached hydrogens (primary N) is 2. The van der Waals surface area contributed by atoms with Gasteiger partial charge in [0, 0.05) is 11.8 Å². The van der Waals surface area contributed by atoms with Gasteiger partial charge >= 0.3 is 5.97 Å². The molecular formula is C22H21N7O2. The lowest BCUT2D eigenvalue weighted by Crippen LogP contribution is -2.11. The fourth-order valence-corrected chi connectivity index (χ4v) is 3.08. The molecule has 9 heteroatoms. The van der Waals surface area contributed by atoms with Crippen LogP contribution in [0.2, 0.25) is 0 Å². The van der Waals surface area contributed by atoms with Gasteiger partial charge in [-0.1, -0.05) is 60.2 Å². The Morgan fingerprint density at radius 1 is 0.968 bits per heavy atom. The van der Waals surface area contributed by atoms with E-state index in [1.807, 2.05) is 61.5 Å². The Morgan fingerprint density at radius 2 is 1.65 bits per heavy atom. The molecule has 0 saturated carbocycles. The van der Waals surface area contributed by atoms with Gasteiger partial charge < -0.3 is 16.2 Å². The number of nitrogen functional groups attached to an aromatic ring is 2. The topological polar surface area (TPSA) is 135 Å². The Morgan fingerprint density at radius 3 is 2.32 bits per heavy atom. The summed E-state index contributed by atoms with van der Waals surface area (Å²) >= 11 is 0. The summed E-state index contributed by atoms with van der Waals surface area (Å²) in [4.78, 5) is 24.5. The minimum atomic E-state index is -0.549. The average Bonchev–Trinajstić information content (AvgIpc) is 3.16. The molecule has 0 bridgehead atoms. The first kappa shape index (κ1) is 20.0. The van der Waals surface area contributed by atoms with E-state index in [1.165, 1.54) is 0 Å². The van der Waals surface area contributed by atoms with Crippen molar-refractivity contribution in [3.05, 3.63) is 83.3 Å². The van der Waals surface area contributed by atoms with Gasteiger partial charge in [-0.25, -0.2) is 4.79 Å². The van der Waals surface area contributed by atoms with Crippen LogP contribution in [-0.2, 0) is 17.9 Å². The molecule has 2 aromatic heterocycles. The van der Waals surface area contributed by atoms with Gasteiger partial charge in [0.05, 0.1) is 6.54 Å². The SMILES string of the molecule is Cc1ccc(-c2nn(Cc3ccccc3)cc2C(=O)OCc2nc(N)nc(N)n2)cc1. The van der Waals surface area contributed by atoms with Crippen LogP contribution in [-0.4, -0.2) is 30.7 Å². The third-order valence-electron chi connectivity index (χ3n) is 4.54. The lowest BCUT2D eigenvalue weighted by atomic mass is 10.1. The van der Waals surface area contributed by atoms with E-state index in [0.717, 1.165) is 16.7 Å². The van der Waals surface area contributed by atoms with E-state index in [-0.39, 0.29) is 24.3 Å². The summed E-state index contributed by atoms with van der Waals surface area (Å²) in [6, 6.07) is 17.7. The van der Waals surface area contributed by atoms with Crippen LogP contribution in [0.5, 0.6) is 0 Å². The summed E-state index contributed by atoms with van der Waals surface area (Å²) in [5.74, 6) is -0.441. The molecule has 0 fully saturated rings. The highest BCUT2D eigenvalue weighted by Gasteiger charge is 2.20. The molecule has 2 heterocycles. The van der Waals surface area contributed by atoms with Crippen molar-refractivity contribution in [3.8, 4) is 11.3 Å². The lowest BCUT2D eigenvalue weighted by Gasteiger charge is -2.05. The quantitative estimate of drug-likeness (QED) is 0.459. The molecule has 0 spiro atoms. The largest absolute Gasteiger partial charge is 0.454 e. The number of carbonyl (C=O) groups is 1. The van der Waals surface area contributed by atoms with Gasteiger partial charge in [-0.15, -0.1) is 0 Å². The number of rotatable bonds is 6. The Hall–Kier alpha value is -4.27. The van der Waals surface area contributed by atoms with Gasteiger partial charge in [0.1, 0.15) is 11.3 Å². The second-order valence-electron chi connectivity index (χ2n) is 6.98. The van der Waals surface area contributed by atoms with Crippen molar-refractivity contribution >= 4 is 17.9 Å². The highest BCUT2D eigenvalue weighted by atomic mass is 16.5. The summed E-state index contributed by atoms with van der Waals surface area (Å²) in [5, 5.41) is 4.64. The van der Waals surface area contributed by atoms with Crippen molar-refractivity contribution in [3.63, 3.8) is 0 Å². The second-order valence-corrected chi connectivity index (χ2v) is 6.98. The number of benzene rings is 2. The van der Waals surface area contributed by atoms with E-state index in [0.29, 0.717) is 17.8 Å². The molecule has 0 aliphatic heterocycles. The van der Waals surface area contributed by atoms with Gasteiger partial charge in [-0.2, -0.15) is 20.1 Å². The molecule has 2 aromatic carbocycles. The summed E-state index contributed by atoms with van der Waals surface area (Å²) in [5.41, 5.74) is 15.0. The molecule has 156 valence electrons. The van der Waals surface area contributed by atoms with Crippen LogP contribution in [0.4, 0.5) is 11.9 Å². The van der Waals surface area contributed by atoms with Gasteiger partial charge in [0.25, 0.3) is 0 Å². The Labute approximate surface area is 178 Å². The molecule has 0 atom stereocenters. The zero-order chi connectivity index (χ0) is 21.8. The predicted molar refractivity (Wildman–Crippen MR) is 116 cm³/mol. The first-order valence-corrected chi connectivity index (χ1v) is 9.59. The Kier molecular flexibility index (Phi) is 5.57. The van der Waals surface area contributed by atoms with Crippen LogP contribution >= 0.6 is 0 Å². The number of anilines is 2. The first-order valence-electron chi connectivity index (χ1n) is 9.59. The number of carbonyl (C=O) groups excluding carboxylic acids is 1. The number of hydrogen-bond acceptors (Lipinski definition) is 8. The maximum atomic E-state index is 12.9. The molecule has 4 N–H and O–H groups in total. The summed E-state index contributed by atoms with van der Waals surface area (Å²) in [6.07, 6.45) is 1.68. The molecule has 0 aliphatic rings. The number of esters is 1. The monoisotopic (exact) mass is 415 g/mol. The van der Waals surface area contributed by atoms with E-state index in [1.54, 1.807) is 10.9 Å². The van der Waals surface area contributed by atoms with Crippen molar-refractivity contribution in [2.24, 2.45) is 0 Å².